The summed E-state index contributed by atoms with van der Waals surface area (Å²) in [5.41, 5.74) is 6.06. The largest absolute Gasteiger partial charge is 0.364 e. The molecule has 0 radical (unpaired) electrons. The van der Waals surface area contributed by atoms with Crippen molar-refractivity contribution in [3.05, 3.63) is 66.1 Å². The molecule has 1 aliphatic heterocycles. The molecule has 0 unspecified atom stereocenters. The lowest BCUT2D eigenvalue weighted by Gasteiger charge is -2.35. The minimum absolute atomic E-state index is 0.0432. The lowest BCUT2D eigenvalue weighted by molar-refractivity contribution is 0.0748. The number of rotatable bonds is 3. The van der Waals surface area contributed by atoms with Crippen molar-refractivity contribution in [3.8, 4) is 0 Å². The van der Waals surface area contributed by atoms with Crippen molar-refractivity contribution >= 4 is 28.4 Å². The molecule has 0 saturated carbocycles. The molecule has 2 N–H and O–H groups in total. The summed E-state index contributed by atoms with van der Waals surface area (Å²) in [5, 5.41) is 2.03. The standard InChI is InChI=1S/C20H19N5O2/c21-19(26)17-12-23-18(13-22-17)24-8-10-25(11-9-24)20(27)16-7-3-5-14-4-1-2-6-15(14)16/h1-7,12-13H,8-11H2,(H2,21,26). The summed E-state index contributed by atoms with van der Waals surface area (Å²) in [6.07, 6.45) is 2.92. The second-order valence-corrected chi connectivity index (χ2v) is 6.43. The molecular weight excluding hydrogens is 342 g/mol. The number of benzene rings is 2. The summed E-state index contributed by atoms with van der Waals surface area (Å²) in [7, 11) is 0. The topological polar surface area (TPSA) is 92.4 Å². The maximum absolute atomic E-state index is 13.0. The zero-order chi connectivity index (χ0) is 18.8. The van der Waals surface area contributed by atoms with Crippen LogP contribution in [0.1, 0.15) is 20.8 Å². The molecule has 27 heavy (non-hydrogen) atoms. The van der Waals surface area contributed by atoms with E-state index in [1.54, 1.807) is 6.20 Å². The monoisotopic (exact) mass is 361 g/mol. The van der Waals surface area contributed by atoms with E-state index < -0.39 is 5.91 Å². The fraction of sp³-hybridized carbons (Fsp3) is 0.200. The number of hydrogen-bond acceptors (Lipinski definition) is 5. The predicted octanol–water partition coefficient (Wildman–Crippen LogP) is 1.69. The number of hydrogen-bond donors (Lipinski definition) is 1. The van der Waals surface area contributed by atoms with Gasteiger partial charge in [0.2, 0.25) is 0 Å². The molecule has 2 aromatic carbocycles. The highest BCUT2D eigenvalue weighted by Crippen LogP contribution is 2.21. The summed E-state index contributed by atoms with van der Waals surface area (Å²) in [6.45, 7) is 2.50. The van der Waals surface area contributed by atoms with Gasteiger partial charge in [-0.1, -0.05) is 36.4 Å². The van der Waals surface area contributed by atoms with Crippen LogP contribution < -0.4 is 10.6 Å². The summed E-state index contributed by atoms with van der Waals surface area (Å²) >= 11 is 0. The SMILES string of the molecule is NC(=O)c1cnc(N2CCN(C(=O)c3cccc4ccccc34)CC2)cn1. The first-order valence-corrected chi connectivity index (χ1v) is 8.77. The molecule has 0 atom stereocenters. The van der Waals surface area contributed by atoms with E-state index >= 15 is 0 Å². The first kappa shape index (κ1) is 17.0. The molecule has 7 heteroatoms. The number of fused-ring (bicyclic) bond motifs is 1. The summed E-state index contributed by atoms with van der Waals surface area (Å²) in [4.78, 5) is 36.3. The zero-order valence-corrected chi connectivity index (χ0v) is 14.7. The molecule has 0 aliphatic carbocycles. The highest BCUT2D eigenvalue weighted by atomic mass is 16.2. The third kappa shape index (κ3) is 3.31. The van der Waals surface area contributed by atoms with Gasteiger partial charge in [-0.3, -0.25) is 9.59 Å². The van der Waals surface area contributed by atoms with Crippen molar-refractivity contribution in [2.24, 2.45) is 5.73 Å². The van der Waals surface area contributed by atoms with E-state index in [9.17, 15) is 9.59 Å². The molecule has 136 valence electrons. The smallest absolute Gasteiger partial charge is 0.268 e. The fourth-order valence-electron chi connectivity index (χ4n) is 3.33. The number of nitrogens with zero attached hydrogens (tertiary/aromatic N) is 4. The summed E-state index contributed by atoms with van der Waals surface area (Å²) in [5.74, 6) is 0.124. The van der Waals surface area contributed by atoms with Crippen LogP contribution >= 0.6 is 0 Å². The number of carbonyl (C=O) groups is 2. The van der Waals surface area contributed by atoms with E-state index in [1.807, 2.05) is 52.3 Å². The third-order valence-electron chi connectivity index (χ3n) is 4.80. The Morgan fingerprint density at radius 3 is 2.33 bits per heavy atom. The van der Waals surface area contributed by atoms with Crippen molar-refractivity contribution in [3.63, 3.8) is 0 Å². The van der Waals surface area contributed by atoms with Gasteiger partial charge in [-0.05, 0) is 16.8 Å². The van der Waals surface area contributed by atoms with Crippen LogP contribution in [0.4, 0.5) is 5.82 Å². The average molecular weight is 361 g/mol. The number of aromatic nitrogens is 2. The Morgan fingerprint density at radius 2 is 1.63 bits per heavy atom. The Hall–Kier alpha value is -3.48. The van der Waals surface area contributed by atoms with E-state index in [0.717, 1.165) is 16.3 Å². The molecule has 0 spiro atoms. The maximum Gasteiger partial charge on any atom is 0.268 e. The van der Waals surface area contributed by atoms with Gasteiger partial charge in [0, 0.05) is 31.7 Å². The van der Waals surface area contributed by atoms with Gasteiger partial charge in [0.25, 0.3) is 11.8 Å². The average Bonchev–Trinajstić information content (AvgIpc) is 2.73. The van der Waals surface area contributed by atoms with Gasteiger partial charge < -0.3 is 15.5 Å². The number of nitrogens with two attached hydrogens (primary N) is 1. The Labute approximate surface area is 156 Å². The normalized spacial score (nSPS) is 14.4. The Morgan fingerprint density at radius 1 is 0.889 bits per heavy atom. The van der Waals surface area contributed by atoms with Crippen LogP contribution in [-0.4, -0.2) is 52.9 Å². The molecule has 2 amide bonds. The molecular formula is C20H19N5O2. The number of primary amides is 1. The third-order valence-corrected chi connectivity index (χ3v) is 4.80. The van der Waals surface area contributed by atoms with Crippen LogP contribution in [0.5, 0.6) is 0 Å². The van der Waals surface area contributed by atoms with Crippen molar-refractivity contribution in [1.29, 1.82) is 0 Å². The van der Waals surface area contributed by atoms with Crippen LogP contribution in [0.25, 0.3) is 10.8 Å². The van der Waals surface area contributed by atoms with Gasteiger partial charge >= 0.3 is 0 Å². The molecule has 1 aliphatic rings. The highest BCUT2D eigenvalue weighted by Gasteiger charge is 2.24. The predicted molar refractivity (Wildman–Crippen MR) is 103 cm³/mol. The quantitative estimate of drug-likeness (QED) is 0.766. The van der Waals surface area contributed by atoms with E-state index in [1.165, 1.54) is 6.20 Å². The minimum Gasteiger partial charge on any atom is -0.364 e. The number of anilines is 1. The van der Waals surface area contributed by atoms with Crippen molar-refractivity contribution in [2.45, 2.75) is 0 Å². The molecule has 0 bridgehead atoms. The lowest BCUT2D eigenvalue weighted by Crippen LogP contribution is -2.49. The van der Waals surface area contributed by atoms with Crippen molar-refractivity contribution < 1.29 is 9.59 Å². The Kier molecular flexibility index (Phi) is 4.42. The number of piperazine rings is 1. The van der Waals surface area contributed by atoms with E-state index in [0.29, 0.717) is 32.0 Å². The number of carbonyl (C=O) groups excluding carboxylic acids is 2. The fourth-order valence-corrected chi connectivity index (χ4v) is 3.33. The van der Waals surface area contributed by atoms with Crippen LogP contribution in [0, 0.1) is 0 Å². The molecule has 3 aromatic rings. The number of amides is 2. The molecule has 7 nitrogen and oxygen atoms in total. The van der Waals surface area contributed by atoms with Gasteiger partial charge in [0.1, 0.15) is 11.5 Å². The van der Waals surface area contributed by atoms with Gasteiger partial charge in [-0.15, -0.1) is 0 Å². The minimum atomic E-state index is -0.598. The second-order valence-electron chi connectivity index (χ2n) is 6.43. The summed E-state index contributed by atoms with van der Waals surface area (Å²) < 4.78 is 0. The van der Waals surface area contributed by atoms with Gasteiger partial charge in [-0.25, -0.2) is 9.97 Å². The molecule has 1 aromatic heterocycles. The first-order chi connectivity index (χ1) is 13.1. The van der Waals surface area contributed by atoms with Gasteiger partial charge in [0.05, 0.1) is 12.4 Å². The van der Waals surface area contributed by atoms with Crippen molar-refractivity contribution in [1.82, 2.24) is 14.9 Å². The second kappa shape index (κ2) is 7.03. The van der Waals surface area contributed by atoms with Gasteiger partial charge in [0.15, 0.2) is 0 Å². The van der Waals surface area contributed by atoms with Crippen LogP contribution in [0.2, 0.25) is 0 Å². The van der Waals surface area contributed by atoms with Crippen molar-refractivity contribution in [2.75, 3.05) is 31.1 Å². The van der Waals surface area contributed by atoms with Crippen LogP contribution in [-0.2, 0) is 0 Å². The Bertz CT molecular complexity index is 989. The first-order valence-electron chi connectivity index (χ1n) is 8.77. The van der Waals surface area contributed by atoms with E-state index in [-0.39, 0.29) is 11.6 Å². The van der Waals surface area contributed by atoms with Crippen LogP contribution in [0.15, 0.2) is 54.9 Å². The van der Waals surface area contributed by atoms with Crippen LogP contribution in [0.3, 0.4) is 0 Å². The maximum atomic E-state index is 13.0. The molecule has 1 fully saturated rings. The molecule has 2 heterocycles. The highest BCUT2D eigenvalue weighted by molar-refractivity contribution is 6.07. The zero-order valence-electron chi connectivity index (χ0n) is 14.7. The molecule has 1 saturated heterocycles. The lowest BCUT2D eigenvalue weighted by atomic mass is 10.0. The summed E-state index contributed by atoms with van der Waals surface area (Å²) in [6, 6.07) is 13.7. The van der Waals surface area contributed by atoms with E-state index in [2.05, 4.69) is 9.97 Å². The molecule has 4 rings (SSSR count). The van der Waals surface area contributed by atoms with Gasteiger partial charge in [-0.2, -0.15) is 0 Å². The van der Waals surface area contributed by atoms with E-state index in [4.69, 9.17) is 5.73 Å². The Balaban J connectivity index is 1.47.